The number of hydrogen-bond donors (Lipinski definition) is 0. The topological polar surface area (TPSA) is 90.0 Å². The monoisotopic (exact) mass is 367 g/mol. The van der Waals surface area contributed by atoms with Crippen LogP contribution in [-0.4, -0.2) is 23.8 Å². The molecule has 1 unspecified atom stereocenters. The van der Waals surface area contributed by atoms with E-state index < -0.39 is 29.4 Å². The van der Waals surface area contributed by atoms with Gasteiger partial charge in [0.1, 0.15) is 5.75 Å². The standard InChI is InChI=1S/C20H17NO6/c1-12(22)21-18-7-5-4-6-17(18)20(19(21)25,27-14(3)24)15-8-10-16(11-9-15)26-13(2)23/h4-11H,1-3H3. The van der Waals surface area contributed by atoms with Gasteiger partial charge in [-0.05, 0) is 18.2 Å². The molecule has 0 fully saturated rings. The molecule has 2 aromatic rings. The summed E-state index contributed by atoms with van der Waals surface area (Å²) < 4.78 is 10.5. The minimum Gasteiger partial charge on any atom is -0.439 e. The van der Waals surface area contributed by atoms with Gasteiger partial charge in [-0.3, -0.25) is 19.2 Å². The van der Waals surface area contributed by atoms with Gasteiger partial charge in [-0.25, -0.2) is 4.90 Å². The molecule has 0 aromatic heterocycles. The van der Waals surface area contributed by atoms with Crippen LogP contribution in [0.3, 0.4) is 0 Å². The quantitative estimate of drug-likeness (QED) is 0.611. The third kappa shape index (κ3) is 2.97. The molecule has 3 rings (SSSR count). The number of carbonyl (C=O) groups is 4. The van der Waals surface area contributed by atoms with E-state index in [0.717, 1.165) is 4.90 Å². The molecule has 0 bridgehead atoms. The Labute approximate surface area is 155 Å². The summed E-state index contributed by atoms with van der Waals surface area (Å²) in [6.07, 6.45) is 0. The minimum absolute atomic E-state index is 0.284. The summed E-state index contributed by atoms with van der Waals surface area (Å²) in [5, 5.41) is 0. The van der Waals surface area contributed by atoms with E-state index in [1.807, 2.05) is 0 Å². The fourth-order valence-corrected chi connectivity index (χ4v) is 3.24. The van der Waals surface area contributed by atoms with Crippen molar-refractivity contribution in [1.29, 1.82) is 0 Å². The molecular formula is C20H17NO6. The predicted molar refractivity (Wildman–Crippen MR) is 94.9 cm³/mol. The summed E-state index contributed by atoms with van der Waals surface area (Å²) >= 11 is 0. The van der Waals surface area contributed by atoms with Gasteiger partial charge in [0.2, 0.25) is 11.5 Å². The average Bonchev–Trinajstić information content (AvgIpc) is 2.84. The largest absolute Gasteiger partial charge is 0.439 e. The number of anilines is 1. The van der Waals surface area contributed by atoms with Crippen LogP contribution in [0.4, 0.5) is 5.69 Å². The lowest BCUT2D eigenvalue weighted by atomic mass is 9.87. The van der Waals surface area contributed by atoms with Gasteiger partial charge in [-0.1, -0.05) is 30.3 Å². The molecule has 0 N–H and O–H groups in total. The molecule has 0 saturated carbocycles. The summed E-state index contributed by atoms with van der Waals surface area (Å²) in [7, 11) is 0. The molecule has 0 spiro atoms. The molecular weight excluding hydrogens is 350 g/mol. The molecule has 0 radical (unpaired) electrons. The predicted octanol–water partition coefficient (Wildman–Crippen LogP) is 2.31. The third-order valence-corrected chi connectivity index (χ3v) is 4.16. The number of esters is 2. The van der Waals surface area contributed by atoms with Gasteiger partial charge in [0.05, 0.1) is 5.69 Å². The number of fused-ring (bicyclic) bond motifs is 1. The van der Waals surface area contributed by atoms with E-state index in [1.54, 1.807) is 24.3 Å². The Morgan fingerprint density at radius 1 is 0.889 bits per heavy atom. The highest BCUT2D eigenvalue weighted by atomic mass is 16.6. The van der Waals surface area contributed by atoms with Crippen LogP contribution in [0.1, 0.15) is 31.9 Å². The Bertz CT molecular complexity index is 949. The first-order valence-electron chi connectivity index (χ1n) is 8.20. The number of carbonyl (C=O) groups excluding carboxylic acids is 4. The second kappa shape index (κ2) is 6.68. The Balaban J connectivity index is 2.22. The van der Waals surface area contributed by atoms with E-state index in [0.29, 0.717) is 16.8 Å². The van der Waals surface area contributed by atoms with Crippen molar-refractivity contribution < 1.29 is 28.7 Å². The molecule has 27 heavy (non-hydrogen) atoms. The van der Waals surface area contributed by atoms with Gasteiger partial charge in [0.25, 0.3) is 5.91 Å². The maximum Gasteiger partial charge on any atom is 0.308 e. The van der Waals surface area contributed by atoms with Crippen LogP contribution in [0.5, 0.6) is 5.75 Å². The molecule has 1 aliphatic rings. The van der Waals surface area contributed by atoms with Crippen LogP contribution in [0.15, 0.2) is 48.5 Å². The van der Waals surface area contributed by atoms with E-state index in [1.165, 1.54) is 45.0 Å². The van der Waals surface area contributed by atoms with Crippen molar-refractivity contribution in [2.75, 3.05) is 4.90 Å². The SMILES string of the molecule is CC(=O)Oc1ccc(C2(OC(C)=O)C(=O)N(C(C)=O)c3ccccc32)cc1. The van der Waals surface area contributed by atoms with Crippen LogP contribution in [0, 0.1) is 0 Å². The first kappa shape index (κ1) is 18.3. The zero-order chi connectivity index (χ0) is 19.8. The van der Waals surface area contributed by atoms with E-state index in [4.69, 9.17) is 9.47 Å². The van der Waals surface area contributed by atoms with Crippen LogP contribution in [0.25, 0.3) is 0 Å². The first-order valence-corrected chi connectivity index (χ1v) is 8.20. The van der Waals surface area contributed by atoms with Crippen LogP contribution >= 0.6 is 0 Å². The van der Waals surface area contributed by atoms with Crippen molar-refractivity contribution in [3.63, 3.8) is 0 Å². The number of nitrogens with zero attached hydrogens (tertiary/aromatic N) is 1. The summed E-state index contributed by atoms with van der Waals surface area (Å²) in [6, 6.07) is 12.7. The third-order valence-electron chi connectivity index (χ3n) is 4.16. The maximum atomic E-state index is 13.3. The summed E-state index contributed by atoms with van der Waals surface area (Å²) in [5.41, 5.74) is -0.696. The van der Waals surface area contributed by atoms with Crippen molar-refractivity contribution in [2.24, 2.45) is 0 Å². The number of imide groups is 1. The normalized spacial score (nSPS) is 18.0. The molecule has 2 amide bonds. The van der Waals surface area contributed by atoms with Crippen molar-refractivity contribution in [3.05, 3.63) is 59.7 Å². The maximum absolute atomic E-state index is 13.3. The van der Waals surface area contributed by atoms with E-state index in [-0.39, 0.29) is 5.75 Å². The lowest BCUT2D eigenvalue weighted by Gasteiger charge is -2.28. The van der Waals surface area contributed by atoms with Crippen molar-refractivity contribution in [1.82, 2.24) is 0 Å². The van der Waals surface area contributed by atoms with Gasteiger partial charge in [-0.2, -0.15) is 0 Å². The van der Waals surface area contributed by atoms with Crippen LogP contribution in [0.2, 0.25) is 0 Å². The number of benzene rings is 2. The summed E-state index contributed by atoms with van der Waals surface area (Å²) in [4.78, 5) is 49.4. The van der Waals surface area contributed by atoms with E-state index >= 15 is 0 Å². The van der Waals surface area contributed by atoms with E-state index in [9.17, 15) is 19.2 Å². The summed E-state index contributed by atoms with van der Waals surface area (Å²) in [5.74, 6) is -2.04. The fraction of sp³-hybridized carbons (Fsp3) is 0.200. The number of amides is 2. The van der Waals surface area contributed by atoms with Gasteiger partial charge >= 0.3 is 11.9 Å². The number of ether oxygens (including phenoxy) is 2. The highest BCUT2D eigenvalue weighted by molar-refractivity contribution is 6.23. The highest BCUT2D eigenvalue weighted by Gasteiger charge is 2.56. The number of para-hydroxylation sites is 1. The molecule has 1 atom stereocenters. The number of rotatable bonds is 3. The van der Waals surface area contributed by atoms with E-state index in [2.05, 4.69) is 0 Å². The average molecular weight is 367 g/mol. The van der Waals surface area contributed by atoms with Crippen LogP contribution < -0.4 is 9.64 Å². The molecule has 138 valence electrons. The van der Waals surface area contributed by atoms with Crippen LogP contribution in [-0.2, 0) is 29.5 Å². The zero-order valence-corrected chi connectivity index (χ0v) is 15.0. The molecule has 7 heteroatoms. The van der Waals surface area contributed by atoms with Gasteiger partial charge in [-0.15, -0.1) is 0 Å². The minimum atomic E-state index is -1.79. The molecule has 1 heterocycles. The van der Waals surface area contributed by atoms with Gasteiger partial charge in [0, 0.05) is 31.9 Å². The lowest BCUT2D eigenvalue weighted by Crippen LogP contribution is -2.45. The lowest BCUT2D eigenvalue weighted by molar-refractivity contribution is -0.161. The Kier molecular flexibility index (Phi) is 4.53. The Hall–Kier alpha value is -3.48. The van der Waals surface area contributed by atoms with Gasteiger partial charge in [0.15, 0.2) is 0 Å². The molecule has 0 saturated heterocycles. The summed E-state index contributed by atoms with van der Waals surface area (Å²) in [6.45, 7) is 3.74. The molecule has 7 nitrogen and oxygen atoms in total. The first-order chi connectivity index (χ1) is 12.8. The smallest absolute Gasteiger partial charge is 0.308 e. The van der Waals surface area contributed by atoms with Crippen molar-refractivity contribution in [3.8, 4) is 5.75 Å². The molecule has 2 aromatic carbocycles. The van der Waals surface area contributed by atoms with Gasteiger partial charge < -0.3 is 9.47 Å². The Morgan fingerprint density at radius 2 is 1.52 bits per heavy atom. The van der Waals surface area contributed by atoms with Crippen molar-refractivity contribution >= 4 is 29.4 Å². The second-order valence-electron chi connectivity index (χ2n) is 6.07. The highest BCUT2D eigenvalue weighted by Crippen LogP contribution is 2.47. The fourth-order valence-electron chi connectivity index (χ4n) is 3.24. The number of hydrogen-bond acceptors (Lipinski definition) is 6. The second-order valence-corrected chi connectivity index (χ2v) is 6.07. The Morgan fingerprint density at radius 3 is 2.07 bits per heavy atom. The van der Waals surface area contributed by atoms with Crippen molar-refractivity contribution in [2.45, 2.75) is 26.4 Å². The zero-order valence-electron chi connectivity index (χ0n) is 15.0. The molecule has 1 aliphatic heterocycles. The molecule has 0 aliphatic carbocycles.